The number of fused-ring (bicyclic) bond motifs is 1. The van der Waals surface area contributed by atoms with Gasteiger partial charge >= 0.3 is 0 Å². The van der Waals surface area contributed by atoms with Gasteiger partial charge in [-0.2, -0.15) is 0 Å². The van der Waals surface area contributed by atoms with E-state index in [0.29, 0.717) is 5.69 Å². The molecule has 2 aromatic heterocycles. The van der Waals surface area contributed by atoms with Gasteiger partial charge in [-0.05, 0) is 17.7 Å². The first kappa shape index (κ1) is 14.8. The lowest BCUT2D eigenvalue weighted by atomic mass is 10.1. The number of benzene rings is 1. The Kier molecular flexibility index (Phi) is 4.06. The van der Waals surface area contributed by atoms with Crippen LogP contribution < -0.4 is 5.32 Å². The summed E-state index contributed by atoms with van der Waals surface area (Å²) in [6, 6.07) is 12.0. The summed E-state index contributed by atoms with van der Waals surface area (Å²) in [7, 11) is 1.96. The van der Waals surface area contributed by atoms with Crippen molar-refractivity contribution in [2.45, 2.75) is 0 Å². The van der Waals surface area contributed by atoms with Crippen molar-refractivity contribution >= 4 is 34.8 Å². The number of carbonyl (C=O) groups excluding carboxylic acids is 1. The molecular formula is C19H17N3O. The molecule has 4 nitrogen and oxygen atoms in total. The van der Waals surface area contributed by atoms with Crippen LogP contribution in [0.2, 0.25) is 0 Å². The third kappa shape index (κ3) is 3.21. The third-order valence-electron chi connectivity index (χ3n) is 3.55. The Morgan fingerprint density at radius 1 is 1.26 bits per heavy atom. The number of aryl methyl sites for hydroxylation is 1. The van der Waals surface area contributed by atoms with Crippen LogP contribution in [0.4, 0.5) is 5.69 Å². The fraction of sp³-hybridized carbons (Fsp3) is 0.0526. The molecule has 1 aromatic carbocycles. The molecule has 1 N–H and O–H groups in total. The van der Waals surface area contributed by atoms with E-state index in [1.807, 2.05) is 42.1 Å². The Labute approximate surface area is 134 Å². The monoisotopic (exact) mass is 303 g/mol. The fourth-order valence-corrected chi connectivity index (χ4v) is 2.43. The molecule has 0 radical (unpaired) electrons. The molecule has 1 amide bonds. The molecule has 0 spiro atoms. The van der Waals surface area contributed by atoms with Gasteiger partial charge in [0.25, 0.3) is 0 Å². The minimum Gasteiger partial charge on any atom is -0.335 e. The molecule has 0 atom stereocenters. The maximum atomic E-state index is 11.4. The Hall–Kier alpha value is -3.14. The highest BCUT2D eigenvalue weighted by Gasteiger charge is 2.07. The second-order valence-electron chi connectivity index (χ2n) is 5.23. The molecule has 114 valence electrons. The quantitative estimate of drug-likeness (QED) is 0.744. The van der Waals surface area contributed by atoms with Crippen molar-refractivity contribution in [2.24, 2.45) is 7.05 Å². The number of hydrogen-bond donors (Lipinski definition) is 1. The van der Waals surface area contributed by atoms with Gasteiger partial charge in [-0.1, -0.05) is 49.1 Å². The van der Waals surface area contributed by atoms with Gasteiger partial charge in [-0.25, -0.2) is 4.98 Å². The summed E-state index contributed by atoms with van der Waals surface area (Å²) in [5.41, 5.74) is 3.71. The number of anilines is 1. The lowest BCUT2D eigenvalue weighted by molar-refractivity contribution is -0.111. The summed E-state index contributed by atoms with van der Waals surface area (Å²) >= 11 is 0. The third-order valence-corrected chi connectivity index (χ3v) is 3.55. The Balaban J connectivity index is 1.99. The zero-order valence-corrected chi connectivity index (χ0v) is 12.9. The van der Waals surface area contributed by atoms with Gasteiger partial charge < -0.3 is 9.88 Å². The highest BCUT2D eigenvalue weighted by atomic mass is 16.1. The molecule has 0 aliphatic heterocycles. The predicted molar refractivity (Wildman–Crippen MR) is 94.9 cm³/mol. The van der Waals surface area contributed by atoms with Crippen molar-refractivity contribution < 1.29 is 4.79 Å². The van der Waals surface area contributed by atoms with E-state index in [1.54, 1.807) is 6.20 Å². The summed E-state index contributed by atoms with van der Waals surface area (Å²) in [6.45, 7) is 3.46. The molecule has 0 saturated carbocycles. The molecule has 3 aromatic rings. The number of carbonyl (C=O) groups is 1. The topological polar surface area (TPSA) is 46.9 Å². The first-order chi connectivity index (χ1) is 11.2. The van der Waals surface area contributed by atoms with Crippen LogP contribution in [0.5, 0.6) is 0 Å². The first-order valence-corrected chi connectivity index (χ1v) is 7.29. The van der Waals surface area contributed by atoms with E-state index < -0.39 is 0 Å². The average Bonchev–Trinajstić information content (AvgIpc) is 2.89. The van der Waals surface area contributed by atoms with E-state index in [4.69, 9.17) is 0 Å². The summed E-state index contributed by atoms with van der Waals surface area (Å²) in [4.78, 5) is 15.9. The minimum absolute atomic E-state index is 0.247. The van der Waals surface area contributed by atoms with Crippen LogP contribution in [0.3, 0.4) is 0 Å². The van der Waals surface area contributed by atoms with E-state index in [2.05, 4.69) is 41.2 Å². The summed E-state index contributed by atoms with van der Waals surface area (Å²) in [5.74, 6) is -0.247. The predicted octanol–water partition coefficient (Wildman–Crippen LogP) is 3.87. The minimum atomic E-state index is -0.247. The van der Waals surface area contributed by atoms with Crippen LogP contribution in [0.25, 0.3) is 23.2 Å². The number of rotatable bonds is 4. The van der Waals surface area contributed by atoms with Crippen LogP contribution in [-0.4, -0.2) is 15.5 Å². The number of amides is 1. The number of pyridine rings is 1. The van der Waals surface area contributed by atoms with Crippen LogP contribution in [0, 0.1) is 0 Å². The molecule has 0 bridgehead atoms. The smallest absolute Gasteiger partial charge is 0.247 e. The standard InChI is InChI=1S/C19H17N3O/c1-3-18(23)21-16-11-17-15(13-22(2)19(17)20-12-16)10-9-14-7-5-4-6-8-14/h3-13H,1H2,2H3,(H,21,23)/b10-9+. The largest absolute Gasteiger partial charge is 0.335 e. The van der Waals surface area contributed by atoms with E-state index in [1.165, 1.54) is 6.08 Å². The molecule has 0 aliphatic carbocycles. The van der Waals surface area contributed by atoms with Gasteiger partial charge in [0.2, 0.25) is 5.91 Å². The van der Waals surface area contributed by atoms with Gasteiger partial charge in [0.05, 0.1) is 11.9 Å². The second kappa shape index (κ2) is 6.32. The average molecular weight is 303 g/mol. The van der Waals surface area contributed by atoms with Crippen molar-refractivity contribution in [1.82, 2.24) is 9.55 Å². The number of nitrogens with one attached hydrogen (secondary N) is 1. The van der Waals surface area contributed by atoms with Crippen molar-refractivity contribution in [3.8, 4) is 0 Å². The van der Waals surface area contributed by atoms with Crippen LogP contribution in [-0.2, 0) is 11.8 Å². The lowest BCUT2D eigenvalue weighted by Crippen LogP contribution is -2.07. The first-order valence-electron chi connectivity index (χ1n) is 7.29. The molecule has 0 saturated heterocycles. The Morgan fingerprint density at radius 3 is 2.78 bits per heavy atom. The normalized spacial score (nSPS) is 11.0. The zero-order valence-electron chi connectivity index (χ0n) is 12.9. The lowest BCUT2D eigenvalue weighted by Gasteiger charge is -2.02. The van der Waals surface area contributed by atoms with Crippen LogP contribution >= 0.6 is 0 Å². The van der Waals surface area contributed by atoms with Crippen molar-refractivity contribution in [1.29, 1.82) is 0 Å². The number of hydrogen-bond acceptors (Lipinski definition) is 2. The van der Waals surface area contributed by atoms with E-state index in [-0.39, 0.29) is 5.91 Å². The maximum absolute atomic E-state index is 11.4. The van der Waals surface area contributed by atoms with Gasteiger partial charge in [0.1, 0.15) is 5.65 Å². The Morgan fingerprint density at radius 2 is 2.04 bits per heavy atom. The number of aromatic nitrogens is 2. The highest BCUT2D eigenvalue weighted by molar-refractivity contribution is 6.00. The fourth-order valence-electron chi connectivity index (χ4n) is 2.43. The molecule has 0 fully saturated rings. The van der Waals surface area contributed by atoms with Crippen molar-refractivity contribution in [2.75, 3.05) is 5.32 Å². The summed E-state index contributed by atoms with van der Waals surface area (Å²) in [6.07, 6.45) is 9.03. The molecule has 2 heterocycles. The SMILES string of the molecule is C=CC(=O)Nc1cnc2c(c1)c(/C=C/c1ccccc1)cn2C. The molecule has 0 aliphatic rings. The van der Waals surface area contributed by atoms with Crippen molar-refractivity contribution in [3.05, 3.63) is 72.6 Å². The molecular weight excluding hydrogens is 286 g/mol. The van der Waals surface area contributed by atoms with Gasteiger partial charge in [0, 0.05) is 24.2 Å². The van der Waals surface area contributed by atoms with Crippen LogP contribution in [0.1, 0.15) is 11.1 Å². The molecule has 4 heteroatoms. The van der Waals surface area contributed by atoms with Gasteiger partial charge in [-0.15, -0.1) is 0 Å². The highest BCUT2D eigenvalue weighted by Crippen LogP contribution is 2.24. The summed E-state index contributed by atoms with van der Waals surface area (Å²) in [5, 5.41) is 3.73. The summed E-state index contributed by atoms with van der Waals surface area (Å²) < 4.78 is 1.97. The van der Waals surface area contributed by atoms with Crippen molar-refractivity contribution in [3.63, 3.8) is 0 Å². The zero-order chi connectivity index (χ0) is 16.2. The number of nitrogens with zero attached hydrogens (tertiary/aromatic N) is 2. The Bertz CT molecular complexity index is 892. The van der Waals surface area contributed by atoms with Gasteiger partial charge in [0.15, 0.2) is 0 Å². The molecule has 23 heavy (non-hydrogen) atoms. The molecule has 3 rings (SSSR count). The van der Waals surface area contributed by atoms with Crippen LogP contribution in [0.15, 0.2) is 61.4 Å². The van der Waals surface area contributed by atoms with E-state index in [0.717, 1.165) is 22.2 Å². The molecule has 0 unspecified atom stereocenters. The maximum Gasteiger partial charge on any atom is 0.247 e. The van der Waals surface area contributed by atoms with Gasteiger partial charge in [-0.3, -0.25) is 4.79 Å². The van der Waals surface area contributed by atoms with E-state index >= 15 is 0 Å². The second-order valence-corrected chi connectivity index (χ2v) is 5.23. The van der Waals surface area contributed by atoms with E-state index in [9.17, 15) is 4.79 Å².